The quantitative estimate of drug-likeness (QED) is 0.854. The minimum absolute atomic E-state index is 0.0423. The number of carbonyl (C=O) groups is 1. The van der Waals surface area contributed by atoms with E-state index in [1.165, 1.54) is 6.42 Å². The maximum absolute atomic E-state index is 12.0. The number of hydrogen-bond donors (Lipinski definition) is 1. The number of halogens is 2. The first kappa shape index (κ1) is 12.0. The van der Waals surface area contributed by atoms with Crippen LogP contribution in [0.2, 0.25) is 0 Å². The third-order valence-corrected chi connectivity index (χ3v) is 4.42. The standard InChI is InChI=1S/C11H12Br2N2O/c12-7-11(2-1-3-11)15-10(16)8-4-9(13)6-14-5-8/h4-6H,1-3,7H2,(H,15,16). The van der Waals surface area contributed by atoms with Gasteiger partial charge in [-0.2, -0.15) is 0 Å². The molecule has 1 N–H and O–H groups in total. The van der Waals surface area contributed by atoms with Crippen LogP contribution in [-0.4, -0.2) is 21.8 Å². The zero-order chi connectivity index (χ0) is 11.6. The monoisotopic (exact) mass is 346 g/mol. The number of rotatable bonds is 3. The van der Waals surface area contributed by atoms with Crippen molar-refractivity contribution in [3.63, 3.8) is 0 Å². The van der Waals surface area contributed by atoms with Gasteiger partial charge in [0.15, 0.2) is 0 Å². The highest BCUT2D eigenvalue weighted by atomic mass is 79.9. The maximum Gasteiger partial charge on any atom is 0.253 e. The number of carbonyl (C=O) groups excluding carboxylic acids is 1. The molecule has 86 valence electrons. The van der Waals surface area contributed by atoms with Crippen molar-refractivity contribution in [2.45, 2.75) is 24.8 Å². The molecule has 1 aromatic heterocycles. The van der Waals surface area contributed by atoms with Crippen LogP contribution in [0, 0.1) is 0 Å². The molecule has 3 nitrogen and oxygen atoms in total. The molecular formula is C11H12Br2N2O. The van der Waals surface area contributed by atoms with Crippen molar-refractivity contribution >= 4 is 37.8 Å². The largest absolute Gasteiger partial charge is 0.346 e. The summed E-state index contributed by atoms with van der Waals surface area (Å²) in [5.41, 5.74) is 0.556. The van der Waals surface area contributed by atoms with Gasteiger partial charge in [-0.15, -0.1) is 0 Å². The van der Waals surface area contributed by atoms with Gasteiger partial charge >= 0.3 is 0 Å². The molecule has 1 aromatic rings. The molecule has 0 aromatic carbocycles. The van der Waals surface area contributed by atoms with Crippen molar-refractivity contribution in [1.82, 2.24) is 10.3 Å². The van der Waals surface area contributed by atoms with Crippen LogP contribution < -0.4 is 5.32 Å². The molecule has 1 heterocycles. The molecule has 0 aliphatic heterocycles. The molecule has 5 heteroatoms. The number of pyridine rings is 1. The van der Waals surface area contributed by atoms with E-state index in [9.17, 15) is 4.79 Å². The first-order chi connectivity index (χ1) is 7.65. The summed E-state index contributed by atoms with van der Waals surface area (Å²) >= 11 is 6.77. The molecule has 0 spiro atoms. The Bertz CT molecular complexity index is 399. The summed E-state index contributed by atoms with van der Waals surface area (Å²) in [5.74, 6) is -0.0482. The van der Waals surface area contributed by atoms with Gasteiger partial charge in [0.25, 0.3) is 5.91 Å². The third kappa shape index (κ3) is 2.46. The number of nitrogens with one attached hydrogen (secondary N) is 1. The Labute approximate surface area is 111 Å². The van der Waals surface area contributed by atoms with Gasteiger partial charge in [-0.05, 0) is 41.3 Å². The lowest BCUT2D eigenvalue weighted by atomic mass is 9.78. The van der Waals surface area contributed by atoms with E-state index in [0.29, 0.717) is 5.56 Å². The highest BCUT2D eigenvalue weighted by Crippen LogP contribution is 2.33. The van der Waals surface area contributed by atoms with E-state index >= 15 is 0 Å². The Hall–Kier alpha value is -0.420. The summed E-state index contributed by atoms with van der Waals surface area (Å²) in [4.78, 5) is 16.0. The normalized spacial score (nSPS) is 17.6. The van der Waals surface area contributed by atoms with Crippen LogP contribution in [0.3, 0.4) is 0 Å². The van der Waals surface area contributed by atoms with E-state index in [2.05, 4.69) is 42.2 Å². The topological polar surface area (TPSA) is 42.0 Å². The summed E-state index contributed by atoms with van der Waals surface area (Å²) in [6, 6.07) is 1.78. The van der Waals surface area contributed by atoms with Crippen LogP contribution in [0.5, 0.6) is 0 Å². The molecule has 0 atom stereocenters. The molecule has 1 amide bonds. The van der Waals surface area contributed by atoms with Crippen molar-refractivity contribution in [2.75, 3.05) is 5.33 Å². The van der Waals surface area contributed by atoms with Gasteiger partial charge in [0.2, 0.25) is 0 Å². The van der Waals surface area contributed by atoms with Gasteiger partial charge in [-0.1, -0.05) is 15.9 Å². The van der Waals surface area contributed by atoms with E-state index in [0.717, 1.165) is 22.6 Å². The molecule has 1 fully saturated rings. The van der Waals surface area contributed by atoms with Crippen LogP contribution in [0.15, 0.2) is 22.9 Å². The second-order valence-corrected chi connectivity index (χ2v) is 5.59. The van der Waals surface area contributed by atoms with E-state index < -0.39 is 0 Å². The van der Waals surface area contributed by atoms with Crippen molar-refractivity contribution < 1.29 is 4.79 Å². The average molecular weight is 348 g/mol. The van der Waals surface area contributed by atoms with Gasteiger partial charge in [-0.3, -0.25) is 9.78 Å². The number of alkyl halides is 1. The fourth-order valence-corrected chi connectivity index (χ4v) is 2.81. The van der Waals surface area contributed by atoms with Crippen molar-refractivity contribution in [2.24, 2.45) is 0 Å². The van der Waals surface area contributed by atoms with Crippen LogP contribution in [0.25, 0.3) is 0 Å². The summed E-state index contributed by atoms with van der Waals surface area (Å²) in [6.07, 6.45) is 6.53. The second kappa shape index (κ2) is 4.84. The molecule has 2 rings (SSSR count). The smallest absolute Gasteiger partial charge is 0.253 e. The summed E-state index contributed by atoms with van der Waals surface area (Å²) < 4.78 is 0.821. The van der Waals surface area contributed by atoms with Gasteiger partial charge < -0.3 is 5.32 Å². The van der Waals surface area contributed by atoms with Crippen molar-refractivity contribution in [3.8, 4) is 0 Å². The van der Waals surface area contributed by atoms with Gasteiger partial charge in [0, 0.05) is 22.2 Å². The highest BCUT2D eigenvalue weighted by molar-refractivity contribution is 9.10. The summed E-state index contributed by atoms with van der Waals surface area (Å²) in [5, 5.41) is 3.89. The van der Waals surface area contributed by atoms with E-state index in [1.54, 1.807) is 18.5 Å². The number of aromatic nitrogens is 1. The van der Waals surface area contributed by atoms with E-state index in [-0.39, 0.29) is 11.4 Å². The molecule has 0 unspecified atom stereocenters. The Kier molecular flexibility index (Phi) is 3.64. The minimum atomic E-state index is -0.0482. The molecule has 16 heavy (non-hydrogen) atoms. The zero-order valence-electron chi connectivity index (χ0n) is 8.67. The number of amides is 1. The fourth-order valence-electron chi connectivity index (χ4n) is 1.74. The van der Waals surface area contributed by atoms with Gasteiger partial charge in [0.1, 0.15) is 0 Å². The third-order valence-electron chi connectivity index (χ3n) is 2.91. The lowest BCUT2D eigenvalue weighted by Crippen LogP contribution is -2.54. The first-order valence-corrected chi connectivity index (χ1v) is 7.06. The fraction of sp³-hybridized carbons (Fsp3) is 0.455. The Morgan fingerprint density at radius 2 is 2.25 bits per heavy atom. The predicted octanol–water partition coefficient (Wildman–Crippen LogP) is 2.89. The van der Waals surface area contributed by atoms with Crippen molar-refractivity contribution in [3.05, 3.63) is 28.5 Å². The van der Waals surface area contributed by atoms with Crippen LogP contribution in [0.1, 0.15) is 29.6 Å². The van der Waals surface area contributed by atoms with Crippen LogP contribution in [-0.2, 0) is 0 Å². The molecule has 0 radical (unpaired) electrons. The lowest BCUT2D eigenvalue weighted by molar-refractivity contribution is 0.0856. The zero-order valence-corrected chi connectivity index (χ0v) is 11.8. The summed E-state index contributed by atoms with van der Waals surface area (Å²) in [6.45, 7) is 0. The van der Waals surface area contributed by atoms with E-state index in [4.69, 9.17) is 0 Å². The number of nitrogens with zero attached hydrogens (tertiary/aromatic N) is 1. The Morgan fingerprint density at radius 3 is 2.75 bits per heavy atom. The summed E-state index contributed by atoms with van der Waals surface area (Å²) in [7, 11) is 0. The molecular weight excluding hydrogens is 336 g/mol. The molecule has 0 bridgehead atoms. The Balaban J connectivity index is 2.08. The molecule has 1 saturated carbocycles. The van der Waals surface area contributed by atoms with Gasteiger partial charge in [0.05, 0.1) is 11.1 Å². The Morgan fingerprint density at radius 1 is 1.50 bits per heavy atom. The van der Waals surface area contributed by atoms with Crippen molar-refractivity contribution in [1.29, 1.82) is 0 Å². The number of hydrogen-bond acceptors (Lipinski definition) is 2. The maximum atomic E-state index is 12.0. The first-order valence-electron chi connectivity index (χ1n) is 5.14. The average Bonchev–Trinajstić information content (AvgIpc) is 2.23. The molecule has 1 aliphatic rings. The lowest BCUT2D eigenvalue weighted by Gasteiger charge is -2.41. The van der Waals surface area contributed by atoms with E-state index in [1.807, 2.05) is 0 Å². The van der Waals surface area contributed by atoms with Gasteiger partial charge in [-0.25, -0.2) is 0 Å². The van der Waals surface area contributed by atoms with Crippen LogP contribution >= 0.6 is 31.9 Å². The predicted molar refractivity (Wildman–Crippen MR) is 69.8 cm³/mol. The second-order valence-electron chi connectivity index (χ2n) is 4.11. The highest BCUT2D eigenvalue weighted by Gasteiger charge is 2.37. The van der Waals surface area contributed by atoms with Crippen LogP contribution in [0.4, 0.5) is 0 Å². The molecule has 1 aliphatic carbocycles. The minimum Gasteiger partial charge on any atom is -0.346 e. The molecule has 0 saturated heterocycles. The SMILES string of the molecule is O=C(NC1(CBr)CCC1)c1cncc(Br)c1.